The minimum absolute atomic E-state index is 0.274. The molecule has 2 rings (SSSR count). The molecule has 2 aromatic rings. The first-order valence-electron chi connectivity index (χ1n) is 5.46. The summed E-state index contributed by atoms with van der Waals surface area (Å²) in [6.07, 6.45) is 0.695. The zero-order valence-corrected chi connectivity index (χ0v) is 10.1. The summed E-state index contributed by atoms with van der Waals surface area (Å²) in [7, 11) is 0. The SMILES string of the molecule is CC(=O)OOc1c(C=O)c(C)cc2ccccc12. The van der Waals surface area contributed by atoms with E-state index in [1.807, 2.05) is 24.3 Å². The van der Waals surface area contributed by atoms with Crippen LogP contribution < -0.4 is 4.89 Å². The molecule has 0 radical (unpaired) electrons. The Labute approximate surface area is 104 Å². The molecular weight excluding hydrogens is 232 g/mol. The van der Waals surface area contributed by atoms with Gasteiger partial charge in [-0.25, -0.2) is 4.79 Å². The molecule has 0 amide bonds. The standard InChI is InChI=1S/C14H12O4/c1-9-7-11-5-3-4-6-12(11)14(13(9)8-15)18-17-10(2)16/h3-8H,1-2H3. The average molecular weight is 244 g/mol. The van der Waals surface area contributed by atoms with Crippen LogP contribution in [0.3, 0.4) is 0 Å². The number of aryl methyl sites for hydroxylation is 1. The minimum atomic E-state index is -0.572. The first kappa shape index (κ1) is 12.1. The third-order valence-electron chi connectivity index (χ3n) is 2.61. The number of carbonyl (C=O) groups is 2. The van der Waals surface area contributed by atoms with Crippen LogP contribution in [-0.4, -0.2) is 12.3 Å². The summed E-state index contributed by atoms with van der Waals surface area (Å²) >= 11 is 0. The van der Waals surface area contributed by atoms with Crippen LogP contribution >= 0.6 is 0 Å². The molecule has 4 heteroatoms. The van der Waals surface area contributed by atoms with Crippen LogP contribution in [0.25, 0.3) is 10.8 Å². The second-order valence-corrected chi connectivity index (χ2v) is 3.93. The summed E-state index contributed by atoms with van der Waals surface area (Å²) in [5.41, 5.74) is 1.15. The number of carbonyl (C=O) groups excluding carboxylic acids is 2. The Balaban J connectivity index is 2.64. The largest absolute Gasteiger partial charge is 0.352 e. The topological polar surface area (TPSA) is 52.6 Å². The third kappa shape index (κ3) is 2.18. The van der Waals surface area contributed by atoms with E-state index in [1.54, 1.807) is 13.0 Å². The fourth-order valence-electron chi connectivity index (χ4n) is 1.80. The quantitative estimate of drug-likeness (QED) is 0.473. The molecule has 0 fully saturated rings. The monoisotopic (exact) mass is 244 g/mol. The van der Waals surface area contributed by atoms with Crippen molar-refractivity contribution in [3.63, 3.8) is 0 Å². The number of hydrogen-bond acceptors (Lipinski definition) is 4. The zero-order valence-electron chi connectivity index (χ0n) is 10.1. The first-order valence-corrected chi connectivity index (χ1v) is 5.46. The van der Waals surface area contributed by atoms with Gasteiger partial charge < -0.3 is 0 Å². The summed E-state index contributed by atoms with van der Waals surface area (Å²) in [5, 5.41) is 1.65. The average Bonchev–Trinajstić information content (AvgIpc) is 2.35. The van der Waals surface area contributed by atoms with Gasteiger partial charge in [0.25, 0.3) is 0 Å². The van der Waals surface area contributed by atoms with Gasteiger partial charge in [-0.05, 0) is 17.9 Å². The lowest BCUT2D eigenvalue weighted by atomic mass is 10.0. The van der Waals surface area contributed by atoms with Crippen LogP contribution in [-0.2, 0) is 9.68 Å². The highest BCUT2D eigenvalue weighted by atomic mass is 17.2. The number of fused-ring (bicyclic) bond motifs is 1. The van der Waals surface area contributed by atoms with Crippen molar-refractivity contribution in [2.45, 2.75) is 13.8 Å². The third-order valence-corrected chi connectivity index (χ3v) is 2.61. The minimum Gasteiger partial charge on any atom is -0.298 e. The van der Waals surface area contributed by atoms with Gasteiger partial charge in [0, 0.05) is 12.3 Å². The molecule has 0 saturated carbocycles. The van der Waals surface area contributed by atoms with Crippen LogP contribution in [0.2, 0.25) is 0 Å². The Kier molecular flexibility index (Phi) is 3.28. The van der Waals surface area contributed by atoms with Crippen molar-refractivity contribution in [2.24, 2.45) is 0 Å². The van der Waals surface area contributed by atoms with Crippen molar-refractivity contribution in [2.75, 3.05) is 0 Å². The van der Waals surface area contributed by atoms with E-state index in [-0.39, 0.29) is 5.75 Å². The van der Waals surface area contributed by atoms with Gasteiger partial charge >= 0.3 is 5.97 Å². The van der Waals surface area contributed by atoms with Gasteiger partial charge in [0.2, 0.25) is 0 Å². The predicted molar refractivity (Wildman–Crippen MR) is 66.5 cm³/mol. The molecule has 92 valence electrons. The van der Waals surface area contributed by atoms with Crippen LogP contribution in [0.4, 0.5) is 0 Å². The lowest BCUT2D eigenvalue weighted by Crippen LogP contribution is -2.06. The van der Waals surface area contributed by atoms with Crippen molar-refractivity contribution in [3.8, 4) is 5.75 Å². The Bertz CT molecular complexity index is 616. The second kappa shape index (κ2) is 4.87. The number of hydrogen-bond donors (Lipinski definition) is 0. The van der Waals surface area contributed by atoms with E-state index < -0.39 is 5.97 Å². The first-order chi connectivity index (χ1) is 8.63. The van der Waals surface area contributed by atoms with Crippen LogP contribution in [0, 0.1) is 6.92 Å². The summed E-state index contributed by atoms with van der Waals surface area (Å²) in [5.74, 6) is -0.298. The Morgan fingerprint density at radius 2 is 2.00 bits per heavy atom. The molecule has 0 atom stereocenters. The molecule has 4 nitrogen and oxygen atoms in total. The van der Waals surface area contributed by atoms with Gasteiger partial charge in [-0.1, -0.05) is 30.3 Å². The van der Waals surface area contributed by atoms with Crippen molar-refractivity contribution in [1.82, 2.24) is 0 Å². The Morgan fingerprint density at radius 1 is 1.28 bits per heavy atom. The summed E-state index contributed by atoms with van der Waals surface area (Å²) in [4.78, 5) is 31.5. The summed E-state index contributed by atoms with van der Waals surface area (Å²) in [6, 6.07) is 9.31. The van der Waals surface area contributed by atoms with Crippen LogP contribution in [0.5, 0.6) is 5.75 Å². The Hall–Kier alpha value is -2.36. The summed E-state index contributed by atoms with van der Waals surface area (Å²) in [6.45, 7) is 3.04. The van der Waals surface area contributed by atoms with E-state index in [2.05, 4.69) is 4.89 Å². The lowest BCUT2D eigenvalue weighted by molar-refractivity contribution is -0.210. The van der Waals surface area contributed by atoms with Gasteiger partial charge in [0.1, 0.15) is 0 Å². The molecule has 0 N–H and O–H groups in total. The smallest absolute Gasteiger partial charge is 0.298 e. The van der Waals surface area contributed by atoms with E-state index in [9.17, 15) is 9.59 Å². The van der Waals surface area contributed by atoms with E-state index in [4.69, 9.17) is 4.89 Å². The molecule has 0 aliphatic rings. The molecule has 0 bridgehead atoms. The molecule has 0 aliphatic carbocycles. The molecule has 0 heterocycles. The molecule has 0 aromatic heterocycles. The highest BCUT2D eigenvalue weighted by molar-refractivity contribution is 5.97. The maximum atomic E-state index is 11.1. The highest BCUT2D eigenvalue weighted by Crippen LogP contribution is 2.31. The molecule has 18 heavy (non-hydrogen) atoms. The number of rotatable bonds is 3. The summed E-state index contributed by atoms with van der Waals surface area (Å²) < 4.78 is 0. The van der Waals surface area contributed by atoms with Gasteiger partial charge in [-0.2, -0.15) is 0 Å². The van der Waals surface area contributed by atoms with Gasteiger partial charge in [-0.3, -0.25) is 14.6 Å². The molecule has 0 saturated heterocycles. The van der Waals surface area contributed by atoms with Gasteiger partial charge in [-0.15, -0.1) is 0 Å². The number of benzene rings is 2. The van der Waals surface area contributed by atoms with E-state index in [0.29, 0.717) is 11.8 Å². The maximum Gasteiger partial charge on any atom is 0.352 e. The lowest BCUT2D eigenvalue weighted by Gasteiger charge is -2.11. The molecule has 2 aromatic carbocycles. The van der Waals surface area contributed by atoms with Crippen molar-refractivity contribution in [3.05, 3.63) is 41.5 Å². The second-order valence-electron chi connectivity index (χ2n) is 3.93. The van der Waals surface area contributed by atoms with Crippen LogP contribution in [0.15, 0.2) is 30.3 Å². The van der Waals surface area contributed by atoms with Crippen molar-refractivity contribution in [1.29, 1.82) is 0 Å². The van der Waals surface area contributed by atoms with Crippen molar-refractivity contribution >= 4 is 23.0 Å². The number of aldehydes is 1. The zero-order chi connectivity index (χ0) is 13.1. The predicted octanol–water partition coefficient (Wildman–Crippen LogP) is 2.82. The van der Waals surface area contributed by atoms with Crippen molar-refractivity contribution < 1.29 is 19.4 Å². The molecule has 0 unspecified atom stereocenters. The van der Waals surface area contributed by atoms with E-state index in [0.717, 1.165) is 16.3 Å². The Morgan fingerprint density at radius 3 is 2.67 bits per heavy atom. The molecule has 0 aliphatic heterocycles. The fraction of sp³-hybridized carbons (Fsp3) is 0.143. The van der Waals surface area contributed by atoms with Gasteiger partial charge in [0.15, 0.2) is 12.0 Å². The molecular formula is C14H12O4. The molecule has 0 spiro atoms. The fourth-order valence-corrected chi connectivity index (χ4v) is 1.80. The van der Waals surface area contributed by atoms with E-state index in [1.165, 1.54) is 6.92 Å². The maximum absolute atomic E-state index is 11.1. The highest BCUT2D eigenvalue weighted by Gasteiger charge is 2.14. The van der Waals surface area contributed by atoms with E-state index >= 15 is 0 Å². The van der Waals surface area contributed by atoms with Gasteiger partial charge in [0.05, 0.1) is 5.56 Å². The van der Waals surface area contributed by atoms with Crippen LogP contribution in [0.1, 0.15) is 22.8 Å². The normalized spacial score (nSPS) is 10.1.